The molecule has 0 bridgehead atoms. The van der Waals surface area contributed by atoms with Gasteiger partial charge >= 0.3 is 0 Å². The van der Waals surface area contributed by atoms with Crippen molar-refractivity contribution in [1.29, 1.82) is 0 Å². The molecule has 0 saturated carbocycles. The average Bonchev–Trinajstić information content (AvgIpc) is 2.44. The zero-order valence-electron chi connectivity index (χ0n) is 14.1. The Morgan fingerprint density at radius 2 is 1.67 bits per heavy atom. The minimum atomic E-state index is -0.149. The Bertz CT molecular complexity index is 536. The first-order valence-electron chi connectivity index (χ1n) is 8.30. The molecule has 116 valence electrons. The number of benzene rings is 1. The fraction of sp³-hybridized carbons (Fsp3) is 0.684. The van der Waals surface area contributed by atoms with Gasteiger partial charge in [-0.15, -0.1) is 0 Å². The Morgan fingerprint density at radius 1 is 1.00 bits per heavy atom. The average molecular weight is 287 g/mol. The molecule has 2 unspecified atom stereocenters. The van der Waals surface area contributed by atoms with E-state index in [0.29, 0.717) is 5.92 Å². The minimum absolute atomic E-state index is 0.0904. The van der Waals surface area contributed by atoms with Gasteiger partial charge in [0.1, 0.15) is 5.60 Å². The summed E-state index contributed by atoms with van der Waals surface area (Å²) in [7, 11) is 0. The predicted molar refractivity (Wildman–Crippen MR) is 87.6 cm³/mol. The van der Waals surface area contributed by atoms with Crippen molar-refractivity contribution in [2.45, 2.75) is 64.1 Å². The molecular weight excluding hydrogens is 258 g/mol. The molecule has 1 fully saturated rings. The van der Waals surface area contributed by atoms with Crippen LogP contribution in [0.2, 0.25) is 0 Å². The van der Waals surface area contributed by atoms with Gasteiger partial charge in [-0.25, -0.2) is 0 Å². The molecule has 0 amide bonds. The van der Waals surface area contributed by atoms with E-state index in [0.717, 1.165) is 19.5 Å². The van der Waals surface area contributed by atoms with Crippen molar-refractivity contribution in [3.63, 3.8) is 0 Å². The normalized spacial score (nSPS) is 35.0. The highest BCUT2D eigenvalue weighted by molar-refractivity contribution is 5.41. The number of ether oxygens (including phenoxy) is 1. The molecule has 1 aliphatic heterocycles. The number of fused-ring (bicyclic) bond motifs is 2. The van der Waals surface area contributed by atoms with Gasteiger partial charge in [0.05, 0.1) is 5.60 Å². The highest BCUT2D eigenvalue weighted by atomic mass is 16.5. The van der Waals surface area contributed by atoms with E-state index in [1.807, 2.05) is 0 Å². The van der Waals surface area contributed by atoms with Crippen LogP contribution in [0.25, 0.3) is 0 Å². The molecule has 1 saturated heterocycles. The molecule has 1 N–H and O–H groups in total. The van der Waals surface area contributed by atoms with Gasteiger partial charge in [-0.2, -0.15) is 0 Å². The quantitative estimate of drug-likeness (QED) is 0.843. The Labute approximate surface area is 129 Å². The topological polar surface area (TPSA) is 21.3 Å². The summed E-state index contributed by atoms with van der Waals surface area (Å²) in [5.41, 5.74) is 2.87. The Balaban J connectivity index is 2.07. The first-order valence-corrected chi connectivity index (χ1v) is 8.30. The highest BCUT2D eigenvalue weighted by Crippen LogP contribution is 2.49. The Kier molecular flexibility index (Phi) is 3.46. The van der Waals surface area contributed by atoms with E-state index in [1.165, 1.54) is 17.5 Å². The van der Waals surface area contributed by atoms with Gasteiger partial charge in [0, 0.05) is 13.1 Å². The van der Waals surface area contributed by atoms with E-state index in [-0.39, 0.29) is 16.6 Å². The van der Waals surface area contributed by atoms with E-state index in [2.05, 4.69) is 64.2 Å². The lowest BCUT2D eigenvalue weighted by molar-refractivity contribution is -0.202. The second-order valence-corrected chi connectivity index (χ2v) is 8.10. The Morgan fingerprint density at radius 3 is 2.33 bits per heavy atom. The maximum absolute atomic E-state index is 6.82. The van der Waals surface area contributed by atoms with Gasteiger partial charge < -0.3 is 10.1 Å². The summed E-state index contributed by atoms with van der Waals surface area (Å²) in [6, 6.07) is 8.90. The van der Waals surface area contributed by atoms with Crippen molar-refractivity contribution < 1.29 is 4.74 Å². The van der Waals surface area contributed by atoms with Gasteiger partial charge in [-0.3, -0.25) is 0 Å². The molecule has 1 spiro atoms. The monoisotopic (exact) mass is 287 g/mol. The third-order valence-corrected chi connectivity index (χ3v) is 5.84. The van der Waals surface area contributed by atoms with Gasteiger partial charge in [-0.05, 0) is 42.2 Å². The van der Waals surface area contributed by atoms with Crippen molar-refractivity contribution >= 4 is 0 Å². The summed E-state index contributed by atoms with van der Waals surface area (Å²) in [5.74, 6) is 0.504. The van der Waals surface area contributed by atoms with Gasteiger partial charge in [0.25, 0.3) is 0 Å². The number of hydrogen-bond donors (Lipinski definition) is 1. The van der Waals surface area contributed by atoms with E-state index in [4.69, 9.17) is 4.74 Å². The number of morpholine rings is 1. The molecule has 1 heterocycles. The van der Waals surface area contributed by atoms with Crippen LogP contribution in [0.5, 0.6) is 0 Å². The third kappa shape index (κ3) is 2.33. The van der Waals surface area contributed by atoms with Crippen LogP contribution < -0.4 is 5.32 Å². The highest BCUT2D eigenvalue weighted by Gasteiger charge is 2.50. The van der Waals surface area contributed by atoms with Crippen LogP contribution in [0.1, 0.15) is 58.6 Å². The van der Waals surface area contributed by atoms with E-state index < -0.39 is 0 Å². The number of hydrogen-bond acceptors (Lipinski definition) is 2. The second-order valence-electron chi connectivity index (χ2n) is 8.10. The standard InChI is InChI=1S/C19H29NO/c1-14(2)18(5)12-20-13-19(21-18)11-10-17(3,4)15-8-6-7-9-16(15)19/h6-9,14,20H,10-13H2,1-5H3. The molecule has 1 aliphatic carbocycles. The zero-order chi connectivity index (χ0) is 15.3. The SMILES string of the molecule is CC(C)C1(C)CNCC2(CCC(C)(C)c3ccccc32)O1. The molecule has 0 aromatic heterocycles. The lowest BCUT2D eigenvalue weighted by atomic mass is 9.66. The summed E-state index contributed by atoms with van der Waals surface area (Å²) in [5, 5.41) is 3.66. The van der Waals surface area contributed by atoms with Crippen LogP contribution in [-0.4, -0.2) is 18.7 Å². The van der Waals surface area contributed by atoms with Crippen LogP contribution in [0.4, 0.5) is 0 Å². The summed E-state index contributed by atoms with van der Waals surface area (Å²) in [4.78, 5) is 0. The van der Waals surface area contributed by atoms with Gasteiger partial charge in [0.2, 0.25) is 0 Å². The Hall–Kier alpha value is -0.860. The maximum atomic E-state index is 6.82. The maximum Gasteiger partial charge on any atom is 0.107 e. The van der Waals surface area contributed by atoms with Gasteiger partial charge in [0.15, 0.2) is 0 Å². The first-order chi connectivity index (χ1) is 9.79. The summed E-state index contributed by atoms with van der Waals surface area (Å²) in [6.07, 6.45) is 2.28. The largest absolute Gasteiger partial charge is 0.361 e. The molecule has 2 heteroatoms. The van der Waals surface area contributed by atoms with E-state index >= 15 is 0 Å². The molecule has 2 nitrogen and oxygen atoms in total. The molecule has 1 aromatic rings. The van der Waals surface area contributed by atoms with Crippen LogP contribution in [-0.2, 0) is 15.8 Å². The molecular formula is C19H29NO. The summed E-state index contributed by atoms with van der Waals surface area (Å²) >= 11 is 0. The van der Waals surface area contributed by atoms with Crippen molar-refractivity contribution in [2.24, 2.45) is 5.92 Å². The van der Waals surface area contributed by atoms with Crippen LogP contribution in [0.15, 0.2) is 24.3 Å². The van der Waals surface area contributed by atoms with Gasteiger partial charge in [-0.1, -0.05) is 52.0 Å². The van der Waals surface area contributed by atoms with E-state index in [9.17, 15) is 0 Å². The van der Waals surface area contributed by atoms with Crippen LogP contribution in [0, 0.1) is 5.92 Å². The molecule has 2 aliphatic rings. The molecule has 2 atom stereocenters. The zero-order valence-corrected chi connectivity index (χ0v) is 14.1. The second kappa shape index (κ2) is 4.82. The van der Waals surface area contributed by atoms with Crippen molar-refractivity contribution in [3.05, 3.63) is 35.4 Å². The molecule has 3 rings (SSSR count). The minimum Gasteiger partial charge on any atom is -0.361 e. The van der Waals surface area contributed by atoms with Crippen LogP contribution >= 0.6 is 0 Å². The van der Waals surface area contributed by atoms with Crippen molar-refractivity contribution in [1.82, 2.24) is 5.32 Å². The fourth-order valence-electron chi connectivity index (χ4n) is 3.90. The lowest BCUT2D eigenvalue weighted by Gasteiger charge is -2.53. The van der Waals surface area contributed by atoms with Crippen molar-refractivity contribution in [3.8, 4) is 0 Å². The predicted octanol–water partition coefficient (Wildman–Crippen LogP) is 3.99. The lowest BCUT2D eigenvalue weighted by Crippen LogP contribution is -2.61. The first kappa shape index (κ1) is 15.1. The third-order valence-electron chi connectivity index (χ3n) is 5.84. The number of nitrogens with one attached hydrogen (secondary N) is 1. The molecule has 1 aromatic carbocycles. The van der Waals surface area contributed by atoms with E-state index in [1.54, 1.807) is 0 Å². The fourth-order valence-corrected chi connectivity index (χ4v) is 3.90. The van der Waals surface area contributed by atoms with Crippen molar-refractivity contribution in [2.75, 3.05) is 13.1 Å². The molecule has 21 heavy (non-hydrogen) atoms. The molecule has 0 radical (unpaired) electrons. The number of rotatable bonds is 1. The summed E-state index contributed by atoms with van der Waals surface area (Å²) in [6.45, 7) is 13.4. The van der Waals surface area contributed by atoms with Crippen LogP contribution in [0.3, 0.4) is 0 Å². The summed E-state index contributed by atoms with van der Waals surface area (Å²) < 4.78 is 6.82. The smallest absolute Gasteiger partial charge is 0.107 e.